The molecule has 2 aromatic carbocycles. The zero-order valence-corrected chi connectivity index (χ0v) is 17.4. The van der Waals surface area contributed by atoms with Crippen molar-refractivity contribution >= 4 is 23.4 Å². The maximum atomic E-state index is 13.1. The van der Waals surface area contributed by atoms with Gasteiger partial charge in [0.25, 0.3) is 0 Å². The lowest BCUT2D eigenvalue weighted by atomic mass is 10.1. The lowest BCUT2D eigenvalue weighted by molar-refractivity contribution is -0.140. The number of nitrogens with zero attached hydrogens (tertiary/aromatic N) is 1. The monoisotopic (exact) mass is 400 g/mol. The summed E-state index contributed by atoms with van der Waals surface area (Å²) < 4.78 is 0. The molecule has 0 fully saturated rings. The minimum absolute atomic E-state index is 0.0586. The average molecular weight is 401 g/mol. The fourth-order valence-electron chi connectivity index (χ4n) is 3.19. The van der Waals surface area contributed by atoms with Crippen LogP contribution in [0.1, 0.15) is 37.8 Å². The van der Waals surface area contributed by atoms with Crippen molar-refractivity contribution < 1.29 is 9.59 Å². The van der Waals surface area contributed by atoms with Gasteiger partial charge < -0.3 is 10.2 Å². The maximum Gasteiger partial charge on any atom is 0.242 e. The van der Waals surface area contributed by atoms with Crippen molar-refractivity contribution in [2.24, 2.45) is 0 Å². The Labute approximate surface area is 172 Å². The molecule has 1 N–H and O–H groups in total. The number of carbonyl (C=O) groups excluding carboxylic acids is 2. The predicted octanol–water partition coefficient (Wildman–Crippen LogP) is 4.26. The second-order valence-corrected chi connectivity index (χ2v) is 7.28. The first-order valence-electron chi connectivity index (χ1n) is 9.90. The first kappa shape index (κ1) is 22.0. The zero-order chi connectivity index (χ0) is 20.4. The average Bonchev–Trinajstić information content (AvgIpc) is 2.70. The second kappa shape index (κ2) is 11.5. The standard InChI is InChI=1S/C23H29ClN2O2/c1-3-14-25-23(28)21(4-2)26(15-13-18-9-6-5-7-10-18)22(27)17-19-11-8-12-20(24)16-19/h5-12,16,21H,3-4,13-15,17H2,1-2H3,(H,25,28)/t21-/m1/s1. The Morgan fingerprint density at radius 2 is 1.75 bits per heavy atom. The van der Waals surface area contributed by atoms with Crippen molar-refractivity contribution in [3.8, 4) is 0 Å². The Hall–Kier alpha value is -2.33. The summed E-state index contributed by atoms with van der Waals surface area (Å²) in [6.07, 6.45) is 2.38. The molecule has 0 saturated carbocycles. The van der Waals surface area contributed by atoms with Gasteiger partial charge in [0.05, 0.1) is 6.42 Å². The lowest BCUT2D eigenvalue weighted by Crippen LogP contribution is -2.50. The minimum atomic E-state index is -0.470. The molecule has 0 aliphatic carbocycles. The summed E-state index contributed by atoms with van der Waals surface area (Å²) in [6, 6.07) is 16.9. The first-order chi connectivity index (χ1) is 13.5. The Morgan fingerprint density at radius 3 is 2.39 bits per heavy atom. The number of hydrogen-bond acceptors (Lipinski definition) is 2. The van der Waals surface area contributed by atoms with Crippen LogP contribution in [0.5, 0.6) is 0 Å². The van der Waals surface area contributed by atoms with Gasteiger partial charge in [0.15, 0.2) is 0 Å². The Morgan fingerprint density at radius 1 is 1.04 bits per heavy atom. The Balaban J connectivity index is 2.17. The molecule has 2 rings (SSSR count). The third-order valence-electron chi connectivity index (χ3n) is 4.66. The lowest BCUT2D eigenvalue weighted by Gasteiger charge is -2.30. The van der Waals surface area contributed by atoms with Crippen LogP contribution in [-0.4, -0.2) is 35.8 Å². The van der Waals surface area contributed by atoms with Crippen molar-refractivity contribution in [2.75, 3.05) is 13.1 Å². The van der Waals surface area contributed by atoms with Crippen molar-refractivity contribution in [3.05, 3.63) is 70.7 Å². The highest BCUT2D eigenvalue weighted by atomic mass is 35.5. The minimum Gasteiger partial charge on any atom is -0.354 e. The number of nitrogens with one attached hydrogen (secondary N) is 1. The predicted molar refractivity (Wildman–Crippen MR) is 114 cm³/mol. The number of hydrogen-bond donors (Lipinski definition) is 1. The van der Waals surface area contributed by atoms with Gasteiger partial charge in [0.2, 0.25) is 11.8 Å². The quantitative estimate of drug-likeness (QED) is 0.647. The number of rotatable bonds is 10. The van der Waals surface area contributed by atoms with E-state index in [1.54, 1.807) is 17.0 Å². The van der Waals surface area contributed by atoms with Gasteiger partial charge in [0.1, 0.15) is 6.04 Å². The highest BCUT2D eigenvalue weighted by Gasteiger charge is 2.28. The molecule has 28 heavy (non-hydrogen) atoms. The van der Waals surface area contributed by atoms with Gasteiger partial charge >= 0.3 is 0 Å². The normalized spacial score (nSPS) is 11.7. The third-order valence-corrected chi connectivity index (χ3v) is 4.90. The molecule has 150 valence electrons. The molecular formula is C23H29ClN2O2. The molecule has 0 radical (unpaired) electrons. The molecule has 2 amide bonds. The van der Waals surface area contributed by atoms with Crippen molar-refractivity contribution in [3.63, 3.8) is 0 Å². The summed E-state index contributed by atoms with van der Waals surface area (Å²) in [5.41, 5.74) is 2.00. The molecule has 0 unspecified atom stereocenters. The van der Waals surface area contributed by atoms with E-state index in [1.807, 2.05) is 56.3 Å². The van der Waals surface area contributed by atoms with Crippen LogP contribution in [0.15, 0.2) is 54.6 Å². The molecule has 0 saturated heterocycles. The van der Waals surface area contributed by atoms with Crippen LogP contribution in [0, 0.1) is 0 Å². The molecule has 5 heteroatoms. The van der Waals surface area contributed by atoms with Gasteiger partial charge in [-0.3, -0.25) is 9.59 Å². The highest BCUT2D eigenvalue weighted by molar-refractivity contribution is 6.30. The fraction of sp³-hybridized carbons (Fsp3) is 0.391. The molecule has 0 heterocycles. The van der Waals surface area contributed by atoms with E-state index in [9.17, 15) is 9.59 Å². The van der Waals surface area contributed by atoms with E-state index in [0.717, 1.165) is 17.5 Å². The summed E-state index contributed by atoms with van der Waals surface area (Å²) in [6.45, 7) is 5.07. The molecule has 0 aliphatic heterocycles. The fourth-order valence-corrected chi connectivity index (χ4v) is 3.40. The van der Waals surface area contributed by atoms with Crippen molar-refractivity contribution in [1.29, 1.82) is 0 Å². The molecule has 0 aromatic heterocycles. The van der Waals surface area contributed by atoms with Crippen molar-refractivity contribution in [2.45, 2.75) is 45.6 Å². The first-order valence-corrected chi connectivity index (χ1v) is 10.3. The summed E-state index contributed by atoms with van der Waals surface area (Å²) >= 11 is 6.06. The molecule has 1 atom stereocenters. The Kier molecular flexibility index (Phi) is 9.02. The number of amides is 2. The van der Waals surface area contributed by atoms with Gasteiger partial charge in [-0.05, 0) is 42.5 Å². The second-order valence-electron chi connectivity index (χ2n) is 6.84. The SMILES string of the molecule is CCCNC(=O)[C@@H](CC)N(CCc1ccccc1)C(=O)Cc1cccc(Cl)c1. The van der Waals surface area contributed by atoms with E-state index in [4.69, 9.17) is 11.6 Å². The van der Waals surface area contributed by atoms with Crippen LogP contribution >= 0.6 is 11.6 Å². The molecule has 0 bridgehead atoms. The van der Waals surface area contributed by atoms with E-state index in [2.05, 4.69) is 5.32 Å². The van der Waals surface area contributed by atoms with Crippen LogP contribution in [0.2, 0.25) is 5.02 Å². The molecule has 0 spiro atoms. The molecular weight excluding hydrogens is 372 g/mol. The maximum absolute atomic E-state index is 13.1. The van der Waals surface area contributed by atoms with Crippen molar-refractivity contribution in [1.82, 2.24) is 10.2 Å². The van der Waals surface area contributed by atoms with Gasteiger partial charge in [-0.15, -0.1) is 0 Å². The van der Waals surface area contributed by atoms with Crippen LogP contribution in [0.3, 0.4) is 0 Å². The number of halogens is 1. The summed E-state index contributed by atoms with van der Waals surface area (Å²) in [4.78, 5) is 27.5. The summed E-state index contributed by atoms with van der Waals surface area (Å²) in [5.74, 6) is -0.145. The van der Waals surface area contributed by atoms with E-state index in [-0.39, 0.29) is 18.2 Å². The van der Waals surface area contributed by atoms with E-state index >= 15 is 0 Å². The molecule has 0 aliphatic rings. The number of carbonyl (C=O) groups is 2. The topological polar surface area (TPSA) is 49.4 Å². The van der Waals surface area contributed by atoms with Crippen LogP contribution in [-0.2, 0) is 22.4 Å². The van der Waals surface area contributed by atoms with E-state index < -0.39 is 6.04 Å². The molecule has 2 aromatic rings. The number of benzene rings is 2. The van der Waals surface area contributed by atoms with Gasteiger partial charge in [-0.1, -0.05) is 67.9 Å². The van der Waals surface area contributed by atoms with Crippen LogP contribution in [0.25, 0.3) is 0 Å². The van der Waals surface area contributed by atoms with E-state index in [0.29, 0.717) is 31.0 Å². The largest absolute Gasteiger partial charge is 0.354 e. The van der Waals surface area contributed by atoms with Gasteiger partial charge in [0, 0.05) is 18.1 Å². The van der Waals surface area contributed by atoms with E-state index in [1.165, 1.54) is 0 Å². The van der Waals surface area contributed by atoms with Crippen LogP contribution in [0.4, 0.5) is 0 Å². The van der Waals surface area contributed by atoms with Crippen LogP contribution < -0.4 is 5.32 Å². The van der Waals surface area contributed by atoms with Gasteiger partial charge in [-0.25, -0.2) is 0 Å². The summed E-state index contributed by atoms with van der Waals surface area (Å²) in [7, 11) is 0. The highest BCUT2D eigenvalue weighted by Crippen LogP contribution is 2.15. The van der Waals surface area contributed by atoms with Gasteiger partial charge in [-0.2, -0.15) is 0 Å². The Bertz CT molecular complexity index is 764. The third kappa shape index (κ3) is 6.68. The summed E-state index contributed by atoms with van der Waals surface area (Å²) in [5, 5.41) is 3.54. The zero-order valence-electron chi connectivity index (χ0n) is 16.7. The smallest absolute Gasteiger partial charge is 0.242 e. The molecule has 4 nitrogen and oxygen atoms in total.